The third-order valence-corrected chi connectivity index (χ3v) is 4.06. The molecule has 0 bridgehead atoms. The predicted octanol–water partition coefficient (Wildman–Crippen LogP) is 3.58. The lowest BCUT2D eigenvalue weighted by atomic mass is 10.4. The summed E-state index contributed by atoms with van der Waals surface area (Å²) < 4.78 is 5.69. The van der Waals surface area contributed by atoms with Gasteiger partial charge in [-0.15, -0.1) is 0 Å². The van der Waals surface area contributed by atoms with Gasteiger partial charge in [0.1, 0.15) is 0 Å². The van der Waals surface area contributed by atoms with E-state index >= 15 is 0 Å². The van der Waals surface area contributed by atoms with Crippen molar-refractivity contribution in [1.29, 1.82) is 0 Å². The fourth-order valence-corrected chi connectivity index (χ4v) is 2.91. The zero-order valence-corrected chi connectivity index (χ0v) is 9.31. The van der Waals surface area contributed by atoms with Gasteiger partial charge < -0.3 is 4.43 Å². The van der Waals surface area contributed by atoms with Crippen LogP contribution in [0, 0.1) is 6.61 Å². The highest BCUT2D eigenvalue weighted by molar-refractivity contribution is 6.71. The first kappa shape index (κ1) is 11.2. The van der Waals surface area contributed by atoms with Crippen molar-refractivity contribution in [3.05, 3.63) is 6.61 Å². The molecule has 0 aromatic heterocycles. The fourth-order valence-electron chi connectivity index (χ4n) is 0.970. The van der Waals surface area contributed by atoms with Gasteiger partial charge in [-0.1, -0.05) is 26.7 Å². The summed E-state index contributed by atoms with van der Waals surface area (Å²) in [5.41, 5.74) is 0. The fraction of sp³-hybridized carbons (Fsp3) is 0.889. The molecule has 0 atom stereocenters. The summed E-state index contributed by atoms with van der Waals surface area (Å²) in [5, 5.41) is 0. The molecule has 0 aromatic rings. The summed E-state index contributed by atoms with van der Waals surface area (Å²) in [6.07, 6.45) is 3.63. The lowest BCUT2D eigenvalue weighted by Crippen LogP contribution is -2.28. The second-order valence-corrected chi connectivity index (χ2v) is 7.81. The van der Waals surface area contributed by atoms with Gasteiger partial charge in [0, 0.05) is 0 Å². The molecule has 0 saturated carbocycles. The van der Waals surface area contributed by atoms with Gasteiger partial charge in [0.2, 0.25) is 0 Å². The highest BCUT2D eigenvalue weighted by Crippen LogP contribution is 2.16. The van der Waals surface area contributed by atoms with Crippen LogP contribution in [0.2, 0.25) is 19.1 Å². The molecule has 0 amide bonds. The Bertz CT molecular complexity index is 81.6. The number of unbranched alkanes of at least 4 members (excludes halogenated alkanes) is 1. The molecule has 11 heavy (non-hydrogen) atoms. The second-order valence-electron chi connectivity index (χ2n) is 3.56. The SMILES string of the molecule is CC[CH]O[Si](C)(C)CCCC. The predicted molar refractivity (Wildman–Crippen MR) is 52.9 cm³/mol. The van der Waals surface area contributed by atoms with Crippen molar-refractivity contribution >= 4 is 8.32 Å². The van der Waals surface area contributed by atoms with Crippen molar-refractivity contribution in [2.45, 2.75) is 52.2 Å². The van der Waals surface area contributed by atoms with Crippen LogP contribution < -0.4 is 0 Å². The van der Waals surface area contributed by atoms with E-state index in [4.69, 9.17) is 4.43 Å². The van der Waals surface area contributed by atoms with Crippen LogP contribution in [0.25, 0.3) is 0 Å². The Labute approximate surface area is 72.3 Å². The van der Waals surface area contributed by atoms with E-state index in [1.807, 2.05) is 6.61 Å². The van der Waals surface area contributed by atoms with Gasteiger partial charge in [0.15, 0.2) is 8.32 Å². The van der Waals surface area contributed by atoms with E-state index in [2.05, 4.69) is 26.9 Å². The van der Waals surface area contributed by atoms with Gasteiger partial charge in [0.05, 0.1) is 6.61 Å². The van der Waals surface area contributed by atoms with E-state index in [-0.39, 0.29) is 0 Å². The first-order valence-electron chi connectivity index (χ1n) is 4.62. The van der Waals surface area contributed by atoms with Crippen molar-refractivity contribution in [1.82, 2.24) is 0 Å². The van der Waals surface area contributed by atoms with Gasteiger partial charge in [-0.3, -0.25) is 0 Å². The molecular weight excluding hydrogens is 152 g/mol. The molecule has 1 nitrogen and oxygen atoms in total. The molecule has 67 valence electrons. The van der Waals surface area contributed by atoms with Crippen molar-refractivity contribution in [2.75, 3.05) is 0 Å². The highest BCUT2D eigenvalue weighted by atomic mass is 28.4. The Balaban J connectivity index is 3.43. The lowest BCUT2D eigenvalue weighted by Gasteiger charge is -2.21. The highest BCUT2D eigenvalue weighted by Gasteiger charge is 2.20. The molecular formula is C9H21OSi. The maximum Gasteiger partial charge on any atom is 0.187 e. The molecule has 0 rings (SSSR count). The van der Waals surface area contributed by atoms with Crippen molar-refractivity contribution in [3.8, 4) is 0 Å². The number of rotatable bonds is 6. The van der Waals surface area contributed by atoms with Crippen molar-refractivity contribution in [3.63, 3.8) is 0 Å². The number of hydrogen-bond donors (Lipinski definition) is 0. The minimum atomic E-state index is -1.30. The van der Waals surface area contributed by atoms with Crippen LogP contribution >= 0.6 is 0 Å². The van der Waals surface area contributed by atoms with Gasteiger partial charge in [0.25, 0.3) is 0 Å². The van der Waals surface area contributed by atoms with Gasteiger partial charge >= 0.3 is 0 Å². The Morgan fingerprint density at radius 1 is 1.27 bits per heavy atom. The molecule has 0 aliphatic rings. The van der Waals surface area contributed by atoms with Crippen LogP contribution in [0.4, 0.5) is 0 Å². The molecule has 0 saturated heterocycles. The molecule has 2 heteroatoms. The van der Waals surface area contributed by atoms with Gasteiger partial charge in [-0.2, -0.15) is 0 Å². The van der Waals surface area contributed by atoms with E-state index in [9.17, 15) is 0 Å². The Morgan fingerprint density at radius 3 is 2.36 bits per heavy atom. The Kier molecular flexibility index (Phi) is 5.87. The summed E-state index contributed by atoms with van der Waals surface area (Å²) in [4.78, 5) is 0. The van der Waals surface area contributed by atoms with E-state index in [1.54, 1.807) is 0 Å². The summed E-state index contributed by atoms with van der Waals surface area (Å²) in [5.74, 6) is 0. The summed E-state index contributed by atoms with van der Waals surface area (Å²) in [6, 6.07) is 1.29. The van der Waals surface area contributed by atoms with Crippen LogP contribution in [0.5, 0.6) is 0 Å². The van der Waals surface area contributed by atoms with Crippen LogP contribution in [-0.4, -0.2) is 8.32 Å². The van der Waals surface area contributed by atoms with Crippen LogP contribution in [0.3, 0.4) is 0 Å². The molecule has 0 N–H and O–H groups in total. The molecule has 0 aromatic carbocycles. The molecule has 0 fully saturated rings. The van der Waals surface area contributed by atoms with Crippen LogP contribution in [-0.2, 0) is 4.43 Å². The Hall–Kier alpha value is 0.177. The lowest BCUT2D eigenvalue weighted by molar-refractivity contribution is 0.385. The van der Waals surface area contributed by atoms with Crippen molar-refractivity contribution in [2.24, 2.45) is 0 Å². The summed E-state index contributed by atoms with van der Waals surface area (Å²) in [6.45, 7) is 10.9. The third-order valence-electron chi connectivity index (χ3n) is 1.70. The quantitative estimate of drug-likeness (QED) is 0.558. The average molecular weight is 173 g/mol. The first-order chi connectivity index (χ1) is 5.12. The van der Waals surface area contributed by atoms with E-state index < -0.39 is 8.32 Å². The summed E-state index contributed by atoms with van der Waals surface area (Å²) >= 11 is 0. The van der Waals surface area contributed by atoms with Gasteiger partial charge in [-0.05, 0) is 25.6 Å². The topological polar surface area (TPSA) is 9.23 Å². The second kappa shape index (κ2) is 5.78. The minimum absolute atomic E-state index is 1.03. The molecule has 0 heterocycles. The van der Waals surface area contributed by atoms with Gasteiger partial charge in [-0.25, -0.2) is 0 Å². The standard InChI is InChI=1S/C9H21OSi/c1-5-7-9-11(3,4)10-8-6-2/h8H,5-7,9H2,1-4H3. The normalized spacial score (nSPS) is 12.0. The number of hydrogen-bond acceptors (Lipinski definition) is 1. The van der Waals surface area contributed by atoms with Crippen LogP contribution in [0.15, 0.2) is 0 Å². The zero-order valence-electron chi connectivity index (χ0n) is 8.31. The minimum Gasteiger partial charge on any atom is -0.412 e. The third kappa shape index (κ3) is 6.57. The first-order valence-corrected chi connectivity index (χ1v) is 7.73. The Morgan fingerprint density at radius 2 is 1.91 bits per heavy atom. The molecule has 1 radical (unpaired) electrons. The molecule has 0 spiro atoms. The molecule has 0 aliphatic carbocycles. The molecule has 0 unspecified atom stereocenters. The maximum atomic E-state index is 5.69. The summed E-state index contributed by atoms with van der Waals surface area (Å²) in [7, 11) is -1.30. The zero-order chi connectivity index (χ0) is 8.74. The van der Waals surface area contributed by atoms with Crippen LogP contribution in [0.1, 0.15) is 33.1 Å². The maximum absolute atomic E-state index is 5.69. The van der Waals surface area contributed by atoms with Crippen molar-refractivity contribution < 1.29 is 4.43 Å². The largest absolute Gasteiger partial charge is 0.412 e. The average Bonchev–Trinajstić information content (AvgIpc) is 1.97. The molecule has 0 aliphatic heterocycles. The van der Waals surface area contributed by atoms with E-state index in [0.29, 0.717) is 0 Å². The van der Waals surface area contributed by atoms with E-state index in [0.717, 1.165) is 6.42 Å². The van der Waals surface area contributed by atoms with E-state index in [1.165, 1.54) is 18.9 Å². The smallest absolute Gasteiger partial charge is 0.187 e. The monoisotopic (exact) mass is 173 g/mol.